The molecule has 0 atom stereocenters. The molecule has 0 aromatic heterocycles. The van der Waals surface area contributed by atoms with Crippen molar-refractivity contribution in [3.05, 3.63) is 87.9 Å². The van der Waals surface area contributed by atoms with Crippen LogP contribution < -0.4 is 9.04 Å². The minimum Gasteiger partial charge on any atom is -0.495 e. The van der Waals surface area contributed by atoms with Crippen LogP contribution in [0.4, 0.5) is 5.69 Å². The Hall–Kier alpha value is -2.74. The summed E-state index contributed by atoms with van der Waals surface area (Å²) in [5, 5.41) is 0.648. The highest BCUT2D eigenvalue weighted by Crippen LogP contribution is 2.32. The summed E-state index contributed by atoms with van der Waals surface area (Å²) in [6.45, 7) is -0.00950. The summed E-state index contributed by atoms with van der Waals surface area (Å²) in [6, 6.07) is 17.4. The van der Waals surface area contributed by atoms with Crippen LogP contribution in [0.15, 0.2) is 71.6 Å². The lowest BCUT2D eigenvalue weighted by Crippen LogP contribution is -2.27. The number of nitrogens with zero attached hydrogens (tertiary/aromatic N) is 1. The van der Waals surface area contributed by atoms with Crippen molar-refractivity contribution in [2.24, 2.45) is 0 Å². The van der Waals surface area contributed by atoms with Gasteiger partial charge >= 0.3 is 5.97 Å². The van der Waals surface area contributed by atoms with Crippen molar-refractivity contribution >= 4 is 44.9 Å². The van der Waals surface area contributed by atoms with E-state index >= 15 is 0 Å². The number of methoxy groups -OCH3 is 1. The first-order chi connectivity index (χ1) is 14.7. The quantitative estimate of drug-likeness (QED) is 0.436. The lowest BCUT2D eigenvalue weighted by molar-refractivity contribution is 0.0472. The number of ether oxygens (including phenoxy) is 2. The lowest BCUT2D eigenvalue weighted by atomic mass is 10.2. The van der Waals surface area contributed by atoms with E-state index in [1.807, 2.05) is 0 Å². The first-order valence-corrected chi connectivity index (χ1v) is 11.3. The number of halogens is 2. The van der Waals surface area contributed by atoms with Gasteiger partial charge in [0.05, 0.1) is 28.3 Å². The van der Waals surface area contributed by atoms with E-state index in [0.29, 0.717) is 16.5 Å². The molecule has 3 aromatic rings. The van der Waals surface area contributed by atoms with Gasteiger partial charge in [0.15, 0.2) is 0 Å². The monoisotopic (exact) mass is 479 g/mol. The average molecular weight is 480 g/mol. The minimum absolute atomic E-state index is 0.00950. The molecule has 9 heteroatoms. The minimum atomic E-state index is -4.00. The smallest absolute Gasteiger partial charge is 0.340 e. The Bertz CT molecular complexity index is 1200. The van der Waals surface area contributed by atoms with Gasteiger partial charge in [-0.05, 0) is 48.0 Å². The molecule has 162 valence electrons. The summed E-state index contributed by atoms with van der Waals surface area (Å²) < 4.78 is 37.9. The normalized spacial score (nSPS) is 11.1. The maximum absolute atomic E-state index is 13.2. The van der Waals surface area contributed by atoms with E-state index < -0.39 is 16.0 Å². The summed E-state index contributed by atoms with van der Waals surface area (Å²) >= 11 is 12.0. The molecule has 0 aliphatic carbocycles. The molecule has 0 aliphatic heterocycles. The van der Waals surface area contributed by atoms with Crippen molar-refractivity contribution in [3.8, 4) is 5.75 Å². The van der Waals surface area contributed by atoms with Gasteiger partial charge in [0, 0.05) is 12.1 Å². The van der Waals surface area contributed by atoms with E-state index in [9.17, 15) is 13.2 Å². The largest absolute Gasteiger partial charge is 0.495 e. The van der Waals surface area contributed by atoms with Gasteiger partial charge in [-0.15, -0.1) is 0 Å². The lowest BCUT2D eigenvalue weighted by Gasteiger charge is -2.22. The highest BCUT2D eigenvalue weighted by Gasteiger charge is 2.26. The van der Waals surface area contributed by atoms with E-state index in [1.54, 1.807) is 48.5 Å². The first kappa shape index (κ1) is 22.9. The number of anilines is 1. The third-order valence-corrected chi connectivity index (χ3v) is 6.87. The SMILES string of the molecule is COc1ccccc1N(C)S(=O)(=O)c1ccc(Cl)c(C(=O)OCc2ccc(Cl)cc2)c1. The van der Waals surface area contributed by atoms with Crippen molar-refractivity contribution < 1.29 is 22.7 Å². The number of para-hydroxylation sites is 2. The molecule has 0 heterocycles. The molecule has 0 aliphatic rings. The fraction of sp³-hybridized carbons (Fsp3) is 0.136. The Morgan fingerprint density at radius 3 is 2.35 bits per heavy atom. The van der Waals surface area contributed by atoms with Gasteiger partial charge < -0.3 is 9.47 Å². The molecule has 6 nitrogen and oxygen atoms in total. The topological polar surface area (TPSA) is 72.9 Å². The molecular weight excluding hydrogens is 461 g/mol. The predicted molar refractivity (Wildman–Crippen MR) is 121 cm³/mol. The molecule has 0 unspecified atom stereocenters. The fourth-order valence-corrected chi connectivity index (χ4v) is 4.36. The summed E-state index contributed by atoms with van der Waals surface area (Å²) in [5.74, 6) is -0.345. The number of hydrogen-bond acceptors (Lipinski definition) is 5. The number of esters is 1. The molecule has 0 saturated heterocycles. The molecule has 0 saturated carbocycles. The molecular formula is C22H19Cl2NO5S. The molecule has 3 rings (SSSR count). The maximum atomic E-state index is 13.2. The van der Waals surface area contributed by atoms with Crippen LogP contribution in [0.1, 0.15) is 15.9 Å². The van der Waals surface area contributed by atoms with Gasteiger partial charge in [-0.3, -0.25) is 4.31 Å². The third-order valence-electron chi connectivity index (χ3n) is 4.52. The standard InChI is InChI=1S/C22H19Cl2NO5S/c1-25(20-5-3-4-6-21(20)29-2)31(27,28)17-11-12-19(24)18(13-17)22(26)30-14-15-7-9-16(23)10-8-15/h3-13H,14H2,1-2H3. The third kappa shape index (κ3) is 5.12. The highest BCUT2D eigenvalue weighted by atomic mass is 35.5. The van der Waals surface area contributed by atoms with Gasteiger partial charge in [-0.2, -0.15) is 0 Å². The Kier molecular flexibility index (Phi) is 7.10. The molecule has 3 aromatic carbocycles. The van der Waals surface area contributed by atoms with Crippen molar-refractivity contribution in [2.45, 2.75) is 11.5 Å². The van der Waals surface area contributed by atoms with Gasteiger partial charge in [-0.25, -0.2) is 13.2 Å². The second kappa shape index (κ2) is 9.60. The van der Waals surface area contributed by atoms with Gasteiger partial charge in [-0.1, -0.05) is 47.5 Å². The summed E-state index contributed by atoms with van der Waals surface area (Å²) in [6.07, 6.45) is 0. The fourth-order valence-electron chi connectivity index (χ4n) is 2.81. The van der Waals surface area contributed by atoms with Crippen LogP contribution in [-0.4, -0.2) is 28.5 Å². The van der Waals surface area contributed by atoms with Crippen LogP contribution in [0.3, 0.4) is 0 Å². The zero-order valence-corrected chi connectivity index (χ0v) is 19.0. The van der Waals surface area contributed by atoms with Crippen LogP contribution in [0.5, 0.6) is 5.75 Å². The van der Waals surface area contributed by atoms with Crippen LogP contribution in [-0.2, 0) is 21.4 Å². The summed E-state index contributed by atoms with van der Waals surface area (Å²) in [4.78, 5) is 12.5. The predicted octanol–water partition coefficient (Wildman–Crippen LogP) is 5.18. The van der Waals surface area contributed by atoms with E-state index in [0.717, 1.165) is 9.87 Å². The number of sulfonamides is 1. The molecule has 0 fully saturated rings. The zero-order chi connectivity index (χ0) is 22.6. The number of benzene rings is 3. The molecule has 0 amide bonds. The van der Waals surface area contributed by atoms with Crippen molar-refractivity contribution in [3.63, 3.8) is 0 Å². The van der Waals surface area contributed by atoms with Crippen molar-refractivity contribution in [1.82, 2.24) is 0 Å². The average Bonchev–Trinajstić information content (AvgIpc) is 2.78. The van der Waals surface area contributed by atoms with E-state index in [1.165, 1.54) is 32.4 Å². The number of rotatable bonds is 7. The van der Waals surface area contributed by atoms with Crippen LogP contribution >= 0.6 is 23.2 Å². The van der Waals surface area contributed by atoms with Crippen LogP contribution in [0.2, 0.25) is 10.0 Å². The Morgan fingerprint density at radius 2 is 1.68 bits per heavy atom. The first-order valence-electron chi connectivity index (χ1n) is 9.07. The Balaban J connectivity index is 1.86. The van der Waals surface area contributed by atoms with Gasteiger partial charge in [0.2, 0.25) is 0 Å². The van der Waals surface area contributed by atoms with E-state index in [4.69, 9.17) is 32.7 Å². The van der Waals surface area contributed by atoms with Crippen LogP contribution in [0.25, 0.3) is 0 Å². The number of carbonyl (C=O) groups excluding carboxylic acids is 1. The summed E-state index contributed by atoms with van der Waals surface area (Å²) in [5.41, 5.74) is 1.03. The molecule has 0 bridgehead atoms. The number of carbonyl (C=O) groups is 1. The summed E-state index contributed by atoms with van der Waals surface area (Å²) in [7, 11) is -1.14. The van der Waals surface area contributed by atoms with Gasteiger partial charge in [0.25, 0.3) is 10.0 Å². The number of hydrogen-bond donors (Lipinski definition) is 0. The second-order valence-electron chi connectivity index (χ2n) is 6.49. The second-order valence-corrected chi connectivity index (χ2v) is 9.30. The molecule has 0 radical (unpaired) electrons. The van der Waals surface area contributed by atoms with Crippen molar-refractivity contribution in [2.75, 3.05) is 18.5 Å². The van der Waals surface area contributed by atoms with Crippen molar-refractivity contribution in [1.29, 1.82) is 0 Å². The van der Waals surface area contributed by atoms with Gasteiger partial charge in [0.1, 0.15) is 12.4 Å². The molecule has 0 spiro atoms. The Labute approximate surface area is 191 Å². The van der Waals surface area contributed by atoms with Crippen LogP contribution in [0, 0.1) is 0 Å². The molecule has 31 heavy (non-hydrogen) atoms. The Morgan fingerprint density at radius 1 is 1.00 bits per heavy atom. The highest BCUT2D eigenvalue weighted by molar-refractivity contribution is 7.92. The zero-order valence-electron chi connectivity index (χ0n) is 16.7. The van der Waals surface area contributed by atoms with E-state index in [-0.39, 0.29) is 22.1 Å². The van der Waals surface area contributed by atoms with E-state index in [2.05, 4.69) is 0 Å². The maximum Gasteiger partial charge on any atom is 0.340 e. The molecule has 0 N–H and O–H groups in total.